The lowest BCUT2D eigenvalue weighted by atomic mass is 9.94. The molecule has 1 saturated carbocycles. The van der Waals surface area contributed by atoms with Gasteiger partial charge in [0.05, 0.1) is 6.54 Å². The molecule has 2 aliphatic rings. The van der Waals surface area contributed by atoms with Crippen LogP contribution in [0.4, 0.5) is 11.8 Å². The lowest BCUT2D eigenvalue weighted by Gasteiger charge is -2.20. The van der Waals surface area contributed by atoms with Crippen molar-refractivity contribution in [2.75, 3.05) is 36.5 Å². The molecular formula is C24H32N4O2. The van der Waals surface area contributed by atoms with Crippen molar-refractivity contribution in [3.63, 3.8) is 0 Å². The van der Waals surface area contributed by atoms with Crippen molar-refractivity contribution in [2.45, 2.75) is 51.6 Å². The molecule has 0 N–H and O–H groups in total. The molecule has 160 valence electrons. The number of hydrogen-bond acceptors (Lipinski definition) is 6. The maximum absolute atomic E-state index is 12.1. The van der Waals surface area contributed by atoms with Crippen LogP contribution in [0.15, 0.2) is 36.5 Å². The first-order valence-corrected chi connectivity index (χ1v) is 11.1. The summed E-state index contributed by atoms with van der Waals surface area (Å²) in [5.74, 6) is 3.63. The van der Waals surface area contributed by atoms with Crippen LogP contribution in [0.25, 0.3) is 0 Å². The van der Waals surface area contributed by atoms with Crippen LogP contribution in [0.2, 0.25) is 0 Å². The van der Waals surface area contributed by atoms with Crippen LogP contribution in [0.1, 0.15) is 51.0 Å². The van der Waals surface area contributed by atoms with Crippen LogP contribution in [0, 0.1) is 5.92 Å². The Balaban J connectivity index is 1.31. The summed E-state index contributed by atoms with van der Waals surface area (Å²) in [5, 5.41) is 0. The number of anilines is 2. The van der Waals surface area contributed by atoms with Gasteiger partial charge in [0.2, 0.25) is 5.95 Å². The monoisotopic (exact) mass is 408 g/mol. The number of rotatable bonds is 9. The lowest BCUT2D eigenvalue weighted by Crippen LogP contribution is -2.26. The average molecular weight is 409 g/mol. The Bertz CT molecular complexity index is 866. The maximum atomic E-state index is 12.1. The summed E-state index contributed by atoms with van der Waals surface area (Å²) in [4.78, 5) is 25.4. The summed E-state index contributed by atoms with van der Waals surface area (Å²) in [5.41, 5.74) is 1.21. The topological polar surface area (TPSA) is 58.6 Å². The van der Waals surface area contributed by atoms with E-state index in [4.69, 9.17) is 9.72 Å². The van der Waals surface area contributed by atoms with Crippen LogP contribution in [-0.4, -0.2) is 48.5 Å². The van der Waals surface area contributed by atoms with Gasteiger partial charge in [-0.2, -0.15) is 4.98 Å². The number of aromatic nitrogens is 2. The van der Waals surface area contributed by atoms with Crippen molar-refractivity contribution in [2.24, 2.45) is 5.92 Å². The fraction of sp³-hybridized carbons (Fsp3) is 0.542. The molecule has 6 heteroatoms. The minimum absolute atomic E-state index is 0.145. The summed E-state index contributed by atoms with van der Waals surface area (Å²) in [7, 11) is 2.00. The fourth-order valence-electron chi connectivity index (χ4n) is 3.93. The van der Waals surface area contributed by atoms with Gasteiger partial charge in [-0.15, -0.1) is 0 Å². The van der Waals surface area contributed by atoms with E-state index in [1.165, 1.54) is 5.56 Å². The summed E-state index contributed by atoms with van der Waals surface area (Å²) in [6, 6.07) is 10.2. The first kappa shape index (κ1) is 20.6. The van der Waals surface area contributed by atoms with Crippen LogP contribution in [0.3, 0.4) is 0 Å². The van der Waals surface area contributed by atoms with Crippen molar-refractivity contribution in [3.8, 4) is 5.75 Å². The van der Waals surface area contributed by atoms with E-state index in [1.807, 2.05) is 36.3 Å². The third kappa shape index (κ3) is 4.91. The fourth-order valence-corrected chi connectivity index (χ4v) is 3.93. The molecule has 0 amide bonds. The van der Waals surface area contributed by atoms with E-state index in [2.05, 4.69) is 35.9 Å². The third-order valence-corrected chi connectivity index (χ3v) is 6.20. The number of carbonyl (C=O) groups excluding carboxylic acids is 1. The zero-order valence-corrected chi connectivity index (χ0v) is 18.3. The predicted molar refractivity (Wildman–Crippen MR) is 119 cm³/mol. The predicted octanol–water partition coefficient (Wildman–Crippen LogP) is 4.06. The number of carbonyl (C=O) groups is 1. The highest BCUT2D eigenvalue weighted by molar-refractivity contribution is 5.83. The van der Waals surface area contributed by atoms with Crippen molar-refractivity contribution < 1.29 is 9.53 Å². The molecule has 2 fully saturated rings. The highest BCUT2D eigenvalue weighted by atomic mass is 16.5. The minimum atomic E-state index is 0.145. The van der Waals surface area contributed by atoms with Gasteiger partial charge in [-0.1, -0.05) is 19.1 Å². The quantitative estimate of drug-likeness (QED) is 0.624. The molecule has 1 saturated heterocycles. The van der Waals surface area contributed by atoms with Gasteiger partial charge in [0.25, 0.3) is 0 Å². The van der Waals surface area contributed by atoms with Crippen molar-refractivity contribution >= 4 is 17.5 Å². The number of hydrogen-bond donors (Lipinski definition) is 0. The van der Waals surface area contributed by atoms with Gasteiger partial charge in [0, 0.05) is 45.1 Å². The molecule has 2 aromatic rings. The molecule has 1 aromatic carbocycles. The first-order chi connectivity index (χ1) is 14.5. The smallest absolute Gasteiger partial charge is 0.226 e. The van der Waals surface area contributed by atoms with Crippen LogP contribution < -0.4 is 14.5 Å². The molecule has 1 aliphatic heterocycles. The van der Waals surface area contributed by atoms with E-state index in [1.54, 1.807) is 0 Å². The van der Waals surface area contributed by atoms with Gasteiger partial charge in [-0.05, 0) is 49.4 Å². The number of ether oxygens (including phenoxy) is 1. The Kier molecular flexibility index (Phi) is 6.21. The summed E-state index contributed by atoms with van der Waals surface area (Å²) >= 11 is 0. The van der Waals surface area contributed by atoms with Crippen LogP contribution >= 0.6 is 0 Å². The van der Waals surface area contributed by atoms with Crippen molar-refractivity contribution in [1.82, 2.24) is 9.97 Å². The van der Waals surface area contributed by atoms with Gasteiger partial charge in [-0.3, -0.25) is 4.79 Å². The van der Waals surface area contributed by atoms with E-state index in [0.29, 0.717) is 18.1 Å². The summed E-state index contributed by atoms with van der Waals surface area (Å²) in [6.07, 6.45) is 5.76. The standard InChI is InChI=1S/C24H32N4O2/c1-4-27(3)24-25-13-11-23(26-24)28-14-12-21(16-28)30-20-9-7-18(8-10-20)17(2)15-22(29)19-5-6-19/h7-11,13,17,19,21H,4-6,12,14-16H2,1-3H3/t17-,21?/m1/s1. The summed E-state index contributed by atoms with van der Waals surface area (Å²) < 4.78 is 6.23. The Labute approximate surface area is 179 Å². The molecule has 1 aromatic heterocycles. The lowest BCUT2D eigenvalue weighted by molar-refractivity contribution is -0.120. The molecule has 2 heterocycles. The van der Waals surface area contributed by atoms with E-state index in [0.717, 1.165) is 56.4 Å². The van der Waals surface area contributed by atoms with Gasteiger partial charge >= 0.3 is 0 Å². The third-order valence-electron chi connectivity index (χ3n) is 6.20. The molecule has 0 radical (unpaired) electrons. The van der Waals surface area contributed by atoms with Gasteiger partial charge in [0.1, 0.15) is 23.5 Å². The molecule has 1 unspecified atom stereocenters. The minimum Gasteiger partial charge on any atom is -0.489 e. The number of benzene rings is 1. The number of ketones is 1. The second-order valence-electron chi connectivity index (χ2n) is 8.62. The largest absolute Gasteiger partial charge is 0.489 e. The Morgan fingerprint density at radius 3 is 2.70 bits per heavy atom. The Morgan fingerprint density at radius 1 is 1.23 bits per heavy atom. The molecule has 6 nitrogen and oxygen atoms in total. The van der Waals surface area contributed by atoms with E-state index >= 15 is 0 Å². The molecule has 30 heavy (non-hydrogen) atoms. The molecule has 2 atom stereocenters. The first-order valence-electron chi connectivity index (χ1n) is 11.1. The van der Waals surface area contributed by atoms with Crippen molar-refractivity contribution in [1.29, 1.82) is 0 Å². The highest BCUT2D eigenvalue weighted by Gasteiger charge is 2.30. The molecule has 0 spiro atoms. The van der Waals surface area contributed by atoms with Gasteiger partial charge in [-0.25, -0.2) is 4.98 Å². The second kappa shape index (κ2) is 9.02. The average Bonchev–Trinajstić information content (AvgIpc) is 3.53. The van der Waals surface area contributed by atoms with Crippen LogP contribution in [-0.2, 0) is 4.79 Å². The Hall–Kier alpha value is -2.63. The van der Waals surface area contributed by atoms with Crippen LogP contribution in [0.5, 0.6) is 5.75 Å². The van der Waals surface area contributed by atoms with E-state index in [9.17, 15) is 4.79 Å². The SMILES string of the molecule is CCN(C)c1nccc(N2CCC(Oc3ccc([C@H](C)CC(=O)C4CC4)cc3)C2)n1. The van der Waals surface area contributed by atoms with Crippen molar-refractivity contribution in [3.05, 3.63) is 42.1 Å². The molecule has 4 rings (SSSR count). The number of Topliss-reactive ketones (excluding diaryl/α,β-unsaturated/α-hetero) is 1. The zero-order chi connectivity index (χ0) is 21.1. The molecule has 1 aliphatic carbocycles. The normalized spacial score (nSPS) is 19.6. The highest BCUT2D eigenvalue weighted by Crippen LogP contribution is 2.34. The second-order valence-corrected chi connectivity index (χ2v) is 8.62. The van der Waals surface area contributed by atoms with E-state index in [-0.39, 0.29) is 12.0 Å². The molecule has 0 bridgehead atoms. The zero-order valence-electron chi connectivity index (χ0n) is 18.3. The summed E-state index contributed by atoms with van der Waals surface area (Å²) in [6.45, 7) is 6.85. The van der Waals surface area contributed by atoms with Gasteiger partial charge in [0.15, 0.2) is 0 Å². The van der Waals surface area contributed by atoms with Gasteiger partial charge < -0.3 is 14.5 Å². The maximum Gasteiger partial charge on any atom is 0.226 e. The number of nitrogens with zero attached hydrogens (tertiary/aromatic N) is 4. The Morgan fingerprint density at radius 2 is 2.00 bits per heavy atom. The molecular weight excluding hydrogens is 376 g/mol. The van der Waals surface area contributed by atoms with E-state index < -0.39 is 0 Å².